The predicted octanol–water partition coefficient (Wildman–Crippen LogP) is 2.89. The Labute approximate surface area is 151 Å². The number of H-pyrrole nitrogens is 1. The van der Waals surface area contributed by atoms with Crippen LogP contribution in [0.1, 0.15) is 16.3 Å². The molecule has 0 radical (unpaired) electrons. The van der Waals surface area contributed by atoms with Crippen molar-refractivity contribution in [3.8, 4) is 10.8 Å². The van der Waals surface area contributed by atoms with Gasteiger partial charge in [0.1, 0.15) is 17.3 Å². The lowest BCUT2D eigenvalue weighted by atomic mass is 10.3. The topological polar surface area (TPSA) is 87.7 Å². The van der Waals surface area contributed by atoms with Gasteiger partial charge in [-0.2, -0.15) is 0 Å². The van der Waals surface area contributed by atoms with Crippen molar-refractivity contribution in [3.05, 3.63) is 59.4 Å². The smallest absolute Gasteiger partial charge is 0.273 e. The predicted molar refractivity (Wildman–Crippen MR) is 95.0 cm³/mol. The third kappa shape index (κ3) is 3.16. The summed E-state index contributed by atoms with van der Waals surface area (Å²) in [5.41, 5.74) is 1.57. The highest BCUT2D eigenvalue weighted by atomic mass is 32.1. The second-order valence-corrected chi connectivity index (χ2v) is 6.47. The van der Waals surface area contributed by atoms with Crippen molar-refractivity contribution in [2.45, 2.75) is 6.54 Å². The first-order valence-corrected chi connectivity index (χ1v) is 8.60. The van der Waals surface area contributed by atoms with Gasteiger partial charge in [-0.1, -0.05) is 0 Å². The maximum absolute atomic E-state index is 13.3. The highest BCUT2D eigenvalue weighted by Crippen LogP contribution is 2.21. The number of carbonyl (C=O) groups is 1. The fraction of sp³-hybridized carbons (Fsp3) is 0.118. The molecular weight excluding hydrogens is 355 g/mol. The van der Waals surface area contributed by atoms with Crippen molar-refractivity contribution in [2.24, 2.45) is 0 Å². The van der Waals surface area contributed by atoms with Crippen molar-refractivity contribution < 1.29 is 9.18 Å². The third-order valence-corrected chi connectivity index (χ3v) is 4.55. The molecule has 7 nitrogen and oxygen atoms in total. The summed E-state index contributed by atoms with van der Waals surface area (Å²) in [6, 6.07) is 6.04. The van der Waals surface area contributed by atoms with Crippen LogP contribution in [0.2, 0.25) is 0 Å². The Hall–Kier alpha value is -3.20. The molecule has 0 aliphatic rings. The van der Waals surface area contributed by atoms with Crippen LogP contribution in [-0.4, -0.2) is 42.8 Å². The second-order valence-electron chi connectivity index (χ2n) is 5.62. The summed E-state index contributed by atoms with van der Waals surface area (Å²) in [6.07, 6.45) is 3.25. The average Bonchev–Trinajstić information content (AvgIpc) is 3.28. The van der Waals surface area contributed by atoms with Crippen LogP contribution in [0.3, 0.4) is 0 Å². The molecule has 0 saturated heterocycles. The molecule has 1 amide bonds. The molecule has 9 heteroatoms. The van der Waals surface area contributed by atoms with Crippen LogP contribution >= 0.6 is 11.3 Å². The number of aromatic amines is 1. The molecule has 0 saturated carbocycles. The van der Waals surface area contributed by atoms with Crippen LogP contribution in [-0.2, 0) is 6.54 Å². The molecule has 0 aliphatic heterocycles. The Morgan fingerprint density at radius 2 is 2.08 bits per heavy atom. The normalized spacial score (nSPS) is 11.0. The number of nitrogens with one attached hydrogen (secondary N) is 1. The lowest BCUT2D eigenvalue weighted by molar-refractivity contribution is 0.0777. The molecule has 1 aromatic carbocycles. The van der Waals surface area contributed by atoms with Crippen molar-refractivity contribution in [3.63, 3.8) is 0 Å². The Morgan fingerprint density at radius 3 is 2.88 bits per heavy atom. The summed E-state index contributed by atoms with van der Waals surface area (Å²) in [6.45, 7) is 0.254. The van der Waals surface area contributed by atoms with E-state index in [0.717, 1.165) is 0 Å². The zero-order valence-electron chi connectivity index (χ0n) is 13.7. The van der Waals surface area contributed by atoms with Crippen molar-refractivity contribution in [2.75, 3.05) is 7.05 Å². The zero-order chi connectivity index (χ0) is 18.1. The van der Waals surface area contributed by atoms with Gasteiger partial charge in [-0.3, -0.25) is 4.79 Å². The summed E-state index contributed by atoms with van der Waals surface area (Å²) < 4.78 is 13.3. The van der Waals surface area contributed by atoms with Gasteiger partial charge in [0.05, 0.1) is 17.6 Å². The van der Waals surface area contributed by atoms with Gasteiger partial charge in [-0.05, 0) is 24.3 Å². The number of benzene rings is 1. The molecule has 1 N–H and O–H groups in total. The minimum absolute atomic E-state index is 0.241. The first-order chi connectivity index (χ1) is 12.6. The number of hydrogen-bond donors (Lipinski definition) is 1. The number of imidazole rings is 1. The molecule has 130 valence electrons. The van der Waals surface area contributed by atoms with Gasteiger partial charge in [-0.25, -0.2) is 24.3 Å². The van der Waals surface area contributed by atoms with Gasteiger partial charge in [-0.15, -0.1) is 11.3 Å². The molecule has 26 heavy (non-hydrogen) atoms. The van der Waals surface area contributed by atoms with Gasteiger partial charge in [0.25, 0.3) is 5.91 Å². The van der Waals surface area contributed by atoms with E-state index in [2.05, 4.69) is 24.9 Å². The van der Waals surface area contributed by atoms with Crippen molar-refractivity contribution >= 4 is 28.3 Å². The summed E-state index contributed by atoms with van der Waals surface area (Å²) in [5, 5.41) is 2.26. The number of aromatic nitrogens is 5. The van der Waals surface area contributed by atoms with Gasteiger partial charge < -0.3 is 9.88 Å². The highest BCUT2D eigenvalue weighted by Gasteiger charge is 2.18. The van der Waals surface area contributed by atoms with E-state index in [1.165, 1.54) is 28.4 Å². The van der Waals surface area contributed by atoms with E-state index in [-0.39, 0.29) is 18.3 Å². The molecule has 0 spiro atoms. The van der Waals surface area contributed by atoms with Crippen LogP contribution in [0.5, 0.6) is 0 Å². The molecular formula is C17H13FN6OS. The van der Waals surface area contributed by atoms with Gasteiger partial charge in [0.15, 0.2) is 10.8 Å². The van der Waals surface area contributed by atoms with Gasteiger partial charge in [0.2, 0.25) is 0 Å². The monoisotopic (exact) mass is 368 g/mol. The fourth-order valence-corrected chi connectivity index (χ4v) is 3.22. The number of fused-ring (bicyclic) bond motifs is 1. The van der Waals surface area contributed by atoms with E-state index >= 15 is 0 Å². The molecule has 0 bridgehead atoms. The van der Waals surface area contributed by atoms with Crippen LogP contribution in [0.4, 0.5) is 4.39 Å². The minimum atomic E-state index is -0.338. The average molecular weight is 368 g/mol. The standard InChI is InChI=1S/C17H13FN6OS/c1-24(8-14-21-11-4-3-10(18)7-12(11)22-14)17(25)13-9-26-16(23-13)15-19-5-2-6-20-15/h2-7,9H,8H2,1H3,(H,21,22). The molecule has 3 aromatic heterocycles. The Kier molecular flexibility index (Phi) is 4.13. The third-order valence-electron chi connectivity index (χ3n) is 3.71. The zero-order valence-corrected chi connectivity index (χ0v) is 14.5. The van der Waals surface area contributed by atoms with E-state index in [0.29, 0.717) is 33.4 Å². The maximum Gasteiger partial charge on any atom is 0.273 e. The molecule has 0 aliphatic carbocycles. The Bertz CT molecular complexity index is 1080. The first-order valence-electron chi connectivity index (χ1n) is 7.72. The quantitative estimate of drug-likeness (QED) is 0.598. The number of hydrogen-bond acceptors (Lipinski definition) is 6. The molecule has 0 atom stereocenters. The Balaban J connectivity index is 1.51. The van der Waals surface area contributed by atoms with Crippen LogP contribution in [0.15, 0.2) is 42.0 Å². The van der Waals surface area contributed by atoms with E-state index in [4.69, 9.17) is 0 Å². The van der Waals surface area contributed by atoms with Crippen LogP contribution in [0, 0.1) is 5.82 Å². The molecule has 0 unspecified atom stereocenters. The molecule has 4 aromatic rings. The number of carbonyl (C=O) groups excluding carboxylic acids is 1. The van der Waals surface area contributed by atoms with E-state index in [1.54, 1.807) is 37.0 Å². The van der Waals surface area contributed by atoms with E-state index < -0.39 is 0 Å². The van der Waals surface area contributed by atoms with Crippen LogP contribution < -0.4 is 0 Å². The number of halogens is 1. The summed E-state index contributed by atoms with van der Waals surface area (Å²) in [5.74, 6) is 0.479. The highest BCUT2D eigenvalue weighted by molar-refractivity contribution is 7.13. The lowest BCUT2D eigenvalue weighted by Crippen LogP contribution is -2.27. The second kappa shape index (κ2) is 6.60. The van der Waals surface area contributed by atoms with Crippen molar-refractivity contribution in [1.29, 1.82) is 0 Å². The number of amides is 1. The SMILES string of the molecule is CN(Cc1nc2ccc(F)cc2[nH]1)C(=O)c1csc(-c2ncccn2)n1. The lowest BCUT2D eigenvalue weighted by Gasteiger charge is -2.13. The molecule has 0 fully saturated rings. The fourth-order valence-electron chi connectivity index (χ4n) is 2.49. The number of nitrogens with zero attached hydrogens (tertiary/aromatic N) is 5. The Morgan fingerprint density at radius 1 is 1.27 bits per heavy atom. The number of rotatable bonds is 4. The van der Waals surface area contributed by atoms with Gasteiger partial charge >= 0.3 is 0 Å². The van der Waals surface area contributed by atoms with E-state index in [1.807, 2.05) is 0 Å². The van der Waals surface area contributed by atoms with Crippen molar-refractivity contribution in [1.82, 2.24) is 29.8 Å². The minimum Gasteiger partial charge on any atom is -0.340 e. The summed E-state index contributed by atoms with van der Waals surface area (Å²) in [7, 11) is 1.66. The first kappa shape index (κ1) is 16.3. The number of thiazole rings is 1. The largest absolute Gasteiger partial charge is 0.340 e. The van der Waals surface area contributed by atoms with Crippen LogP contribution in [0.25, 0.3) is 21.9 Å². The molecule has 4 rings (SSSR count). The van der Waals surface area contributed by atoms with E-state index in [9.17, 15) is 9.18 Å². The molecule has 3 heterocycles. The maximum atomic E-state index is 13.3. The van der Waals surface area contributed by atoms with Gasteiger partial charge in [0, 0.05) is 24.8 Å². The summed E-state index contributed by atoms with van der Waals surface area (Å²) in [4.78, 5) is 34.1. The summed E-state index contributed by atoms with van der Waals surface area (Å²) >= 11 is 1.31.